The van der Waals surface area contributed by atoms with Crippen molar-refractivity contribution in [3.05, 3.63) is 18.0 Å². The van der Waals surface area contributed by atoms with Crippen molar-refractivity contribution in [2.24, 2.45) is 5.73 Å². The van der Waals surface area contributed by atoms with E-state index in [9.17, 15) is 4.79 Å². The fraction of sp³-hybridized carbons (Fsp3) is 0.556. The van der Waals surface area contributed by atoms with Gasteiger partial charge in [-0.1, -0.05) is 0 Å². The van der Waals surface area contributed by atoms with E-state index in [4.69, 9.17) is 5.73 Å². The Morgan fingerprint density at radius 2 is 2.60 bits per heavy atom. The standard InChI is InChI=1S/C9H16N4OS/c1-15-5-3-8(10)9(14)11-6-7-2-4-12-13-7/h2,4,8H,3,5-6,10H2,1H3,(H,11,14)(H,12,13)/t8-/m1/s1. The van der Waals surface area contributed by atoms with Crippen molar-refractivity contribution in [3.63, 3.8) is 0 Å². The smallest absolute Gasteiger partial charge is 0.237 e. The van der Waals surface area contributed by atoms with Gasteiger partial charge in [0.1, 0.15) is 0 Å². The molecular formula is C9H16N4OS. The number of carbonyl (C=O) groups is 1. The molecule has 0 saturated carbocycles. The van der Waals surface area contributed by atoms with Crippen LogP contribution < -0.4 is 11.1 Å². The van der Waals surface area contributed by atoms with Gasteiger partial charge in [0.2, 0.25) is 5.91 Å². The predicted octanol–water partition coefficient (Wildman–Crippen LogP) is 0.106. The van der Waals surface area contributed by atoms with Gasteiger partial charge < -0.3 is 11.1 Å². The number of hydrogen-bond acceptors (Lipinski definition) is 4. The molecule has 0 aromatic carbocycles. The Kier molecular flexibility index (Phi) is 5.20. The van der Waals surface area contributed by atoms with Crippen molar-refractivity contribution in [1.82, 2.24) is 15.5 Å². The second kappa shape index (κ2) is 6.47. The molecule has 1 heterocycles. The number of rotatable bonds is 6. The van der Waals surface area contributed by atoms with Crippen molar-refractivity contribution in [2.75, 3.05) is 12.0 Å². The molecule has 1 aromatic rings. The Bertz CT molecular complexity index is 288. The molecule has 0 fully saturated rings. The molecule has 0 aliphatic heterocycles. The third kappa shape index (κ3) is 4.35. The topological polar surface area (TPSA) is 83.8 Å². The molecular weight excluding hydrogens is 212 g/mol. The number of amides is 1. The molecule has 5 nitrogen and oxygen atoms in total. The lowest BCUT2D eigenvalue weighted by Crippen LogP contribution is -2.40. The van der Waals surface area contributed by atoms with Crippen LogP contribution in [0.3, 0.4) is 0 Å². The van der Waals surface area contributed by atoms with Crippen molar-refractivity contribution in [1.29, 1.82) is 0 Å². The maximum atomic E-state index is 11.5. The van der Waals surface area contributed by atoms with Gasteiger partial charge in [-0.15, -0.1) is 0 Å². The van der Waals surface area contributed by atoms with E-state index in [2.05, 4.69) is 15.5 Å². The first kappa shape index (κ1) is 12.1. The second-order valence-electron chi connectivity index (χ2n) is 3.19. The van der Waals surface area contributed by atoms with Crippen LogP contribution in [0, 0.1) is 0 Å². The van der Waals surface area contributed by atoms with E-state index >= 15 is 0 Å². The molecule has 0 saturated heterocycles. The molecule has 6 heteroatoms. The van der Waals surface area contributed by atoms with Crippen molar-refractivity contribution in [3.8, 4) is 0 Å². The summed E-state index contributed by atoms with van der Waals surface area (Å²) in [6.45, 7) is 0.450. The average Bonchev–Trinajstić information content (AvgIpc) is 2.75. The number of carbonyl (C=O) groups excluding carboxylic acids is 1. The fourth-order valence-corrected chi connectivity index (χ4v) is 1.56. The minimum absolute atomic E-state index is 0.112. The number of thioether (sulfide) groups is 1. The van der Waals surface area contributed by atoms with E-state index in [1.165, 1.54) is 0 Å². The predicted molar refractivity (Wildman–Crippen MR) is 61.4 cm³/mol. The Labute approximate surface area is 93.2 Å². The van der Waals surface area contributed by atoms with E-state index in [1.54, 1.807) is 18.0 Å². The molecule has 0 bridgehead atoms. The Balaban J connectivity index is 2.23. The van der Waals surface area contributed by atoms with Crippen LogP contribution in [0.1, 0.15) is 12.1 Å². The zero-order valence-electron chi connectivity index (χ0n) is 8.69. The number of aromatic amines is 1. The molecule has 1 aromatic heterocycles. The normalized spacial score (nSPS) is 12.4. The summed E-state index contributed by atoms with van der Waals surface area (Å²) in [6, 6.07) is 1.40. The lowest BCUT2D eigenvalue weighted by atomic mass is 10.2. The van der Waals surface area contributed by atoms with Gasteiger partial charge in [-0.2, -0.15) is 16.9 Å². The molecule has 0 aliphatic carbocycles. The van der Waals surface area contributed by atoms with Crippen LogP contribution in [0.25, 0.3) is 0 Å². The third-order valence-electron chi connectivity index (χ3n) is 1.98. The monoisotopic (exact) mass is 228 g/mol. The number of nitrogens with two attached hydrogens (primary N) is 1. The van der Waals surface area contributed by atoms with Crippen LogP contribution in [0.2, 0.25) is 0 Å². The maximum Gasteiger partial charge on any atom is 0.237 e. The van der Waals surface area contributed by atoms with Gasteiger partial charge in [-0.05, 0) is 24.5 Å². The molecule has 0 spiro atoms. The highest BCUT2D eigenvalue weighted by atomic mass is 32.2. The van der Waals surface area contributed by atoms with Gasteiger partial charge >= 0.3 is 0 Å². The highest BCUT2D eigenvalue weighted by molar-refractivity contribution is 7.98. The lowest BCUT2D eigenvalue weighted by Gasteiger charge is -2.10. The van der Waals surface area contributed by atoms with E-state index in [-0.39, 0.29) is 5.91 Å². The van der Waals surface area contributed by atoms with Crippen LogP contribution in [-0.2, 0) is 11.3 Å². The van der Waals surface area contributed by atoms with E-state index in [1.807, 2.05) is 12.3 Å². The molecule has 0 unspecified atom stereocenters. The van der Waals surface area contributed by atoms with Crippen molar-refractivity contribution >= 4 is 17.7 Å². The minimum atomic E-state index is -0.416. The quantitative estimate of drug-likeness (QED) is 0.645. The lowest BCUT2D eigenvalue weighted by molar-refractivity contribution is -0.122. The van der Waals surface area contributed by atoms with Gasteiger partial charge in [0.15, 0.2) is 0 Å². The summed E-state index contributed by atoms with van der Waals surface area (Å²) in [5.74, 6) is 0.789. The fourth-order valence-electron chi connectivity index (χ4n) is 1.07. The number of H-pyrrole nitrogens is 1. The Hall–Kier alpha value is -1.01. The van der Waals surface area contributed by atoms with Gasteiger partial charge in [0.25, 0.3) is 0 Å². The minimum Gasteiger partial charge on any atom is -0.349 e. The highest BCUT2D eigenvalue weighted by Gasteiger charge is 2.12. The zero-order valence-corrected chi connectivity index (χ0v) is 9.51. The van der Waals surface area contributed by atoms with Crippen LogP contribution in [-0.4, -0.2) is 34.2 Å². The molecule has 0 aliphatic rings. The number of nitrogens with one attached hydrogen (secondary N) is 2. The summed E-state index contributed by atoms with van der Waals surface area (Å²) in [5, 5.41) is 9.30. The van der Waals surface area contributed by atoms with Gasteiger partial charge in [0.05, 0.1) is 18.3 Å². The summed E-state index contributed by atoms with van der Waals surface area (Å²) in [7, 11) is 0. The van der Waals surface area contributed by atoms with Crippen LogP contribution in [0.15, 0.2) is 12.3 Å². The van der Waals surface area contributed by atoms with E-state index < -0.39 is 6.04 Å². The van der Waals surface area contributed by atoms with Crippen molar-refractivity contribution in [2.45, 2.75) is 19.0 Å². The Morgan fingerprint density at radius 3 is 3.20 bits per heavy atom. The average molecular weight is 228 g/mol. The first-order valence-corrected chi connectivity index (χ1v) is 6.14. The van der Waals surface area contributed by atoms with Crippen LogP contribution in [0.5, 0.6) is 0 Å². The number of aromatic nitrogens is 2. The number of nitrogens with zero attached hydrogens (tertiary/aromatic N) is 1. The summed E-state index contributed by atoms with van der Waals surface area (Å²) in [4.78, 5) is 11.5. The van der Waals surface area contributed by atoms with E-state index in [0.717, 1.165) is 11.4 Å². The molecule has 84 valence electrons. The third-order valence-corrected chi connectivity index (χ3v) is 2.63. The summed E-state index contributed by atoms with van der Waals surface area (Å²) < 4.78 is 0. The Morgan fingerprint density at radius 1 is 1.80 bits per heavy atom. The summed E-state index contributed by atoms with van der Waals surface area (Å²) >= 11 is 1.69. The zero-order chi connectivity index (χ0) is 11.1. The largest absolute Gasteiger partial charge is 0.349 e. The van der Waals surface area contributed by atoms with Gasteiger partial charge in [0, 0.05) is 6.20 Å². The van der Waals surface area contributed by atoms with Crippen LogP contribution in [0.4, 0.5) is 0 Å². The second-order valence-corrected chi connectivity index (χ2v) is 4.17. The molecule has 4 N–H and O–H groups in total. The van der Waals surface area contributed by atoms with E-state index in [0.29, 0.717) is 13.0 Å². The number of hydrogen-bond donors (Lipinski definition) is 3. The first-order valence-electron chi connectivity index (χ1n) is 4.74. The maximum absolute atomic E-state index is 11.5. The SMILES string of the molecule is CSCC[C@@H](N)C(=O)NCc1ccn[nH]1. The molecule has 1 rings (SSSR count). The summed E-state index contributed by atoms with van der Waals surface area (Å²) in [6.07, 6.45) is 4.35. The molecule has 1 atom stereocenters. The first-order chi connectivity index (χ1) is 7.24. The molecule has 1 amide bonds. The molecule has 0 radical (unpaired) electrons. The van der Waals surface area contributed by atoms with Gasteiger partial charge in [-0.3, -0.25) is 9.89 Å². The van der Waals surface area contributed by atoms with Gasteiger partial charge in [-0.25, -0.2) is 0 Å². The summed E-state index contributed by atoms with van der Waals surface area (Å²) in [5.41, 5.74) is 6.57. The van der Waals surface area contributed by atoms with Crippen molar-refractivity contribution < 1.29 is 4.79 Å². The highest BCUT2D eigenvalue weighted by Crippen LogP contribution is 1.99. The van der Waals surface area contributed by atoms with Crippen LogP contribution >= 0.6 is 11.8 Å². The molecule has 15 heavy (non-hydrogen) atoms.